The van der Waals surface area contributed by atoms with E-state index in [-0.39, 0.29) is 0 Å². The summed E-state index contributed by atoms with van der Waals surface area (Å²) in [6, 6.07) is 0.873. The molecule has 0 unspecified atom stereocenters. The van der Waals surface area contributed by atoms with Crippen LogP contribution in [0, 0.1) is 5.92 Å². The zero-order valence-corrected chi connectivity index (χ0v) is 7.10. The van der Waals surface area contributed by atoms with Crippen molar-refractivity contribution in [1.29, 1.82) is 0 Å². The molecular formula is C9H18N2. The van der Waals surface area contributed by atoms with Gasteiger partial charge in [-0.2, -0.15) is 0 Å². The lowest BCUT2D eigenvalue weighted by Gasteiger charge is -2.03. The third-order valence-corrected chi connectivity index (χ3v) is 2.44. The summed E-state index contributed by atoms with van der Waals surface area (Å²) in [5, 5.41) is 6.96. The Bertz CT molecular complexity index is 103. The summed E-state index contributed by atoms with van der Waals surface area (Å²) in [7, 11) is 0. The van der Waals surface area contributed by atoms with Crippen molar-refractivity contribution in [3.8, 4) is 0 Å². The first kappa shape index (κ1) is 7.56. The van der Waals surface area contributed by atoms with Crippen LogP contribution in [-0.2, 0) is 0 Å². The monoisotopic (exact) mass is 154 g/mol. The maximum atomic E-state index is 3.49. The van der Waals surface area contributed by atoms with Crippen LogP contribution in [0.4, 0.5) is 0 Å². The van der Waals surface area contributed by atoms with Crippen molar-refractivity contribution in [2.24, 2.45) is 5.92 Å². The molecule has 0 radical (unpaired) electrons. The van der Waals surface area contributed by atoms with Gasteiger partial charge < -0.3 is 10.6 Å². The van der Waals surface area contributed by atoms with Crippen LogP contribution < -0.4 is 10.6 Å². The summed E-state index contributed by atoms with van der Waals surface area (Å²) < 4.78 is 0. The van der Waals surface area contributed by atoms with Gasteiger partial charge in [-0.25, -0.2) is 0 Å². The van der Waals surface area contributed by atoms with E-state index in [9.17, 15) is 0 Å². The van der Waals surface area contributed by atoms with Crippen LogP contribution in [-0.4, -0.2) is 25.7 Å². The zero-order chi connectivity index (χ0) is 7.52. The van der Waals surface area contributed by atoms with E-state index in [0.29, 0.717) is 0 Å². The van der Waals surface area contributed by atoms with Crippen LogP contribution >= 0.6 is 0 Å². The van der Waals surface area contributed by atoms with Gasteiger partial charge in [-0.1, -0.05) is 0 Å². The Kier molecular flexibility index (Phi) is 2.44. The highest BCUT2D eigenvalue weighted by molar-refractivity contribution is 4.81. The summed E-state index contributed by atoms with van der Waals surface area (Å²) in [6.45, 7) is 3.58. The van der Waals surface area contributed by atoms with E-state index >= 15 is 0 Å². The van der Waals surface area contributed by atoms with Crippen LogP contribution in [0.2, 0.25) is 0 Å². The first-order valence-electron chi connectivity index (χ1n) is 4.89. The number of rotatable bonds is 6. The van der Waals surface area contributed by atoms with Crippen molar-refractivity contribution < 1.29 is 0 Å². The van der Waals surface area contributed by atoms with E-state index in [2.05, 4.69) is 10.6 Å². The Hall–Kier alpha value is -0.0800. The molecule has 2 aliphatic carbocycles. The van der Waals surface area contributed by atoms with Crippen molar-refractivity contribution in [1.82, 2.24) is 10.6 Å². The van der Waals surface area contributed by atoms with Gasteiger partial charge in [0, 0.05) is 19.1 Å². The molecule has 0 aromatic rings. The lowest BCUT2D eigenvalue weighted by Crippen LogP contribution is -2.29. The molecule has 0 aromatic heterocycles. The normalized spacial score (nSPS) is 24.0. The maximum absolute atomic E-state index is 3.49. The Morgan fingerprint density at radius 1 is 1.00 bits per heavy atom. The van der Waals surface area contributed by atoms with Crippen molar-refractivity contribution >= 4 is 0 Å². The third kappa shape index (κ3) is 3.21. The molecule has 2 fully saturated rings. The van der Waals surface area contributed by atoms with Crippen molar-refractivity contribution in [2.45, 2.75) is 31.7 Å². The van der Waals surface area contributed by atoms with Crippen LogP contribution in [0.5, 0.6) is 0 Å². The van der Waals surface area contributed by atoms with Gasteiger partial charge in [-0.3, -0.25) is 0 Å². The van der Waals surface area contributed by atoms with Crippen molar-refractivity contribution in [3.05, 3.63) is 0 Å². The molecule has 0 amide bonds. The molecule has 0 aromatic carbocycles. The van der Waals surface area contributed by atoms with Crippen LogP contribution in [0.1, 0.15) is 25.7 Å². The first-order valence-corrected chi connectivity index (χ1v) is 4.89. The summed E-state index contributed by atoms with van der Waals surface area (Å²) in [6.07, 6.45) is 5.73. The first-order chi connectivity index (χ1) is 5.45. The van der Waals surface area contributed by atoms with Gasteiger partial charge in [0.2, 0.25) is 0 Å². The second-order valence-electron chi connectivity index (χ2n) is 3.88. The Morgan fingerprint density at radius 3 is 2.45 bits per heavy atom. The molecule has 0 aliphatic heterocycles. The van der Waals surface area contributed by atoms with Gasteiger partial charge >= 0.3 is 0 Å². The summed E-state index contributed by atoms with van der Waals surface area (Å²) >= 11 is 0. The van der Waals surface area contributed by atoms with E-state index in [4.69, 9.17) is 0 Å². The van der Waals surface area contributed by atoms with Gasteiger partial charge in [0.1, 0.15) is 0 Å². The lowest BCUT2D eigenvalue weighted by molar-refractivity contribution is 0.588. The molecule has 11 heavy (non-hydrogen) atoms. The highest BCUT2D eigenvalue weighted by atomic mass is 15.0. The fraction of sp³-hybridized carbons (Fsp3) is 1.00. The van der Waals surface area contributed by atoms with Crippen LogP contribution in [0.15, 0.2) is 0 Å². The molecule has 0 heterocycles. The van der Waals surface area contributed by atoms with Gasteiger partial charge in [0.05, 0.1) is 0 Å². The summed E-state index contributed by atoms with van der Waals surface area (Å²) in [4.78, 5) is 0. The minimum Gasteiger partial charge on any atom is -0.315 e. The second kappa shape index (κ2) is 3.55. The Balaban J connectivity index is 1.35. The Morgan fingerprint density at radius 2 is 1.82 bits per heavy atom. The maximum Gasteiger partial charge on any atom is 0.00793 e. The highest BCUT2D eigenvalue weighted by Gasteiger charge is 2.21. The van der Waals surface area contributed by atoms with E-state index in [1.807, 2.05) is 0 Å². The zero-order valence-electron chi connectivity index (χ0n) is 7.10. The standard InChI is InChI=1S/C9H18N2/c1-2-8(1)7-10-5-6-11-9-3-4-9/h8-11H,1-7H2. The topological polar surface area (TPSA) is 24.1 Å². The molecule has 0 bridgehead atoms. The Labute approximate surface area is 68.7 Å². The fourth-order valence-electron chi connectivity index (χ4n) is 1.28. The summed E-state index contributed by atoms with van der Waals surface area (Å²) in [5.41, 5.74) is 0. The molecule has 2 nitrogen and oxygen atoms in total. The van der Waals surface area contributed by atoms with Gasteiger partial charge in [0.15, 0.2) is 0 Å². The molecule has 2 saturated carbocycles. The molecule has 2 aliphatic rings. The van der Waals surface area contributed by atoms with Crippen LogP contribution in [0.25, 0.3) is 0 Å². The van der Waals surface area contributed by atoms with Gasteiger partial charge in [0.25, 0.3) is 0 Å². The largest absolute Gasteiger partial charge is 0.315 e. The average Bonchev–Trinajstić information content (AvgIpc) is 2.83. The highest BCUT2D eigenvalue weighted by Crippen LogP contribution is 2.27. The minimum absolute atomic E-state index is 0.873. The molecule has 0 atom stereocenters. The second-order valence-corrected chi connectivity index (χ2v) is 3.88. The van der Waals surface area contributed by atoms with E-state index < -0.39 is 0 Å². The van der Waals surface area contributed by atoms with E-state index in [0.717, 1.165) is 25.0 Å². The van der Waals surface area contributed by atoms with Crippen LogP contribution in [0.3, 0.4) is 0 Å². The molecule has 64 valence electrons. The SMILES string of the molecule is C(CNC1CC1)NCC1CC1. The third-order valence-electron chi connectivity index (χ3n) is 2.44. The number of hydrogen-bond acceptors (Lipinski definition) is 2. The van der Waals surface area contributed by atoms with Gasteiger partial charge in [-0.05, 0) is 38.1 Å². The quantitative estimate of drug-likeness (QED) is 0.551. The number of nitrogens with one attached hydrogen (secondary N) is 2. The molecule has 2 N–H and O–H groups in total. The number of hydrogen-bond donors (Lipinski definition) is 2. The minimum atomic E-state index is 0.873. The van der Waals surface area contributed by atoms with E-state index in [1.54, 1.807) is 0 Å². The summed E-state index contributed by atoms with van der Waals surface area (Å²) in [5.74, 6) is 1.02. The predicted octanol–water partition coefficient (Wildman–Crippen LogP) is 0.738. The molecular weight excluding hydrogens is 136 g/mol. The van der Waals surface area contributed by atoms with Crippen molar-refractivity contribution in [3.63, 3.8) is 0 Å². The molecule has 0 saturated heterocycles. The predicted molar refractivity (Wildman–Crippen MR) is 46.6 cm³/mol. The van der Waals surface area contributed by atoms with Crippen molar-refractivity contribution in [2.75, 3.05) is 19.6 Å². The molecule has 2 rings (SSSR count). The lowest BCUT2D eigenvalue weighted by atomic mass is 10.4. The van der Waals surface area contributed by atoms with E-state index in [1.165, 1.54) is 32.2 Å². The molecule has 0 spiro atoms. The fourth-order valence-corrected chi connectivity index (χ4v) is 1.28. The van der Waals surface area contributed by atoms with Gasteiger partial charge in [-0.15, -0.1) is 0 Å². The molecule has 2 heteroatoms. The average molecular weight is 154 g/mol. The smallest absolute Gasteiger partial charge is 0.00793 e.